The lowest BCUT2D eigenvalue weighted by Crippen LogP contribution is -2.24. The highest BCUT2D eigenvalue weighted by Gasteiger charge is 2.25. The van der Waals surface area contributed by atoms with Crippen LogP contribution in [0.25, 0.3) is 0 Å². The summed E-state index contributed by atoms with van der Waals surface area (Å²) in [5.41, 5.74) is -0.663. The van der Waals surface area contributed by atoms with Gasteiger partial charge in [0.05, 0.1) is 6.08 Å². The van der Waals surface area contributed by atoms with Crippen molar-refractivity contribution in [2.75, 3.05) is 0 Å². The Bertz CT molecular complexity index is 514. The Morgan fingerprint density at radius 1 is 1.20 bits per heavy atom. The molecule has 1 rings (SSSR count). The van der Waals surface area contributed by atoms with Crippen LogP contribution in [0, 0.1) is 0 Å². The molecule has 0 aliphatic heterocycles. The summed E-state index contributed by atoms with van der Waals surface area (Å²) in [4.78, 5) is 23.7. The lowest BCUT2D eigenvalue weighted by Gasteiger charge is -2.18. The van der Waals surface area contributed by atoms with Crippen LogP contribution >= 0.6 is 0 Å². The summed E-state index contributed by atoms with van der Waals surface area (Å²) in [6, 6.07) is 8.51. The fourth-order valence-electron chi connectivity index (χ4n) is 1.40. The normalized spacial score (nSPS) is 13.8. The van der Waals surface area contributed by atoms with Crippen LogP contribution in [-0.2, 0) is 25.5 Å². The molecule has 108 valence electrons. The Kier molecular flexibility index (Phi) is 5.53. The first-order valence-electron chi connectivity index (χ1n) is 6.13. The van der Waals surface area contributed by atoms with Crippen LogP contribution in [0.1, 0.15) is 27.7 Å². The lowest BCUT2D eigenvalue weighted by molar-refractivity contribution is -0.148. The number of allylic oxidation sites excluding steroid dienone is 1. The van der Waals surface area contributed by atoms with E-state index in [1.165, 1.54) is 6.92 Å². The summed E-state index contributed by atoms with van der Waals surface area (Å²) >= 11 is -1.69. The Balaban J connectivity index is 3.00. The van der Waals surface area contributed by atoms with Gasteiger partial charge in [-0.1, -0.05) is 18.2 Å². The van der Waals surface area contributed by atoms with Gasteiger partial charge < -0.3 is 9.29 Å². The molecule has 0 amide bonds. The highest BCUT2D eigenvalue weighted by Crippen LogP contribution is 2.20. The predicted octanol–water partition coefficient (Wildman–Crippen LogP) is 2.61. The van der Waals surface area contributed by atoms with Crippen molar-refractivity contribution >= 4 is 22.9 Å². The van der Waals surface area contributed by atoms with Gasteiger partial charge in [-0.25, -0.2) is 4.79 Å². The van der Waals surface area contributed by atoms with Crippen molar-refractivity contribution in [1.29, 1.82) is 0 Å². The van der Waals surface area contributed by atoms with E-state index in [0.29, 0.717) is 4.90 Å². The van der Waals surface area contributed by atoms with Gasteiger partial charge in [-0.3, -0.25) is 4.79 Å². The molecule has 0 N–H and O–H groups in total. The zero-order valence-electron chi connectivity index (χ0n) is 12.0. The van der Waals surface area contributed by atoms with Gasteiger partial charge in [-0.15, -0.1) is 0 Å². The van der Waals surface area contributed by atoms with E-state index in [0.717, 1.165) is 6.08 Å². The third-order valence-corrected chi connectivity index (χ3v) is 3.66. The standard InChI is InChI=1S/C15H18O4S/c1-11(16)13(10-14(17)19-15(2,3)4)20(18)12-8-6-5-7-9-12/h5-10H,1-4H3. The molecule has 0 heterocycles. The molecule has 0 saturated carbocycles. The number of esters is 1. The minimum Gasteiger partial charge on any atom is -0.606 e. The molecule has 0 fully saturated rings. The van der Waals surface area contributed by atoms with Gasteiger partial charge in [-0.2, -0.15) is 0 Å². The molecular formula is C15H18O4S. The third-order valence-electron chi connectivity index (χ3n) is 2.16. The molecule has 4 nitrogen and oxygen atoms in total. The molecule has 1 aromatic rings. The zero-order chi connectivity index (χ0) is 15.3. The highest BCUT2D eigenvalue weighted by atomic mass is 32.2. The van der Waals surface area contributed by atoms with Crippen molar-refractivity contribution in [3.05, 3.63) is 41.3 Å². The van der Waals surface area contributed by atoms with E-state index >= 15 is 0 Å². The molecule has 1 atom stereocenters. The number of benzene rings is 1. The maximum atomic E-state index is 12.3. The molecule has 0 aromatic heterocycles. The van der Waals surface area contributed by atoms with Crippen molar-refractivity contribution < 1.29 is 18.9 Å². The first kappa shape index (κ1) is 16.5. The molecular weight excluding hydrogens is 276 g/mol. The van der Waals surface area contributed by atoms with Crippen LogP contribution in [0.3, 0.4) is 0 Å². The smallest absolute Gasteiger partial charge is 0.336 e. The quantitative estimate of drug-likeness (QED) is 0.486. The van der Waals surface area contributed by atoms with E-state index in [1.54, 1.807) is 51.1 Å². The first-order valence-corrected chi connectivity index (χ1v) is 7.28. The summed E-state index contributed by atoms with van der Waals surface area (Å²) in [5, 5.41) is 0. The number of hydrogen-bond donors (Lipinski definition) is 0. The monoisotopic (exact) mass is 294 g/mol. The van der Waals surface area contributed by atoms with E-state index in [-0.39, 0.29) is 4.91 Å². The summed E-state index contributed by atoms with van der Waals surface area (Å²) in [6.07, 6.45) is 1.01. The van der Waals surface area contributed by atoms with Crippen LogP contribution < -0.4 is 0 Å². The maximum Gasteiger partial charge on any atom is 0.336 e. The fraction of sp³-hybridized carbons (Fsp3) is 0.333. The minimum atomic E-state index is -1.69. The molecule has 0 radical (unpaired) electrons. The maximum absolute atomic E-state index is 12.3. The summed E-state index contributed by atoms with van der Waals surface area (Å²) < 4.78 is 17.4. The van der Waals surface area contributed by atoms with Crippen LogP contribution in [-0.4, -0.2) is 21.9 Å². The number of ether oxygens (including phenoxy) is 1. The summed E-state index contributed by atoms with van der Waals surface area (Å²) in [6.45, 7) is 6.44. The van der Waals surface area contributed by atoms with E-state index in [9.17, 15) is 14.1 Å². The number of rotatable bonds is 4. The van der Waals surface area contributed by atoms with E-state index in [4.69, 9.17) is 4.74 Å². The van der Waals surface area contributed by atoms with Crippen LogP contribution in [0.2, 0.25) is 0 Å². The largest absolute Gasteiger partial charge is 0.606 e. The Hall–Kier alpha value is -1.59. The zero-order valence-corrected chi connectivity index (χ0v) is 12.8. The first-order chi connectivity index (χ1) is 9.20. The second-order valence-electron chi connectivity index (χ2n) is 5.18. The number of Topliss-reactive ketones (excluding diaryl/α,β-unsaturated/α-hetero) is 1. The van der Waals surface area contributed by atoms with Gasteiger partial charge in [0.25, 0.3) is 0 Å². The van der Waals surface area contributed by atoms with Crippen LogP contribution in [0.15, 0.2) is 46.2 Å². The number of carbonyl (C=O) groups is 2. The molecule has 1 aromatic carbocycles. The van der Waals surface area contributed by atoms with Gasteiger partial charge in [0, 0.05) is 18.1 Å². The second-order valence-corrected chi connectivity index (χ2v) is 6.63. The number of carbonyl (C=O) groups excluding carboxylic acids is 2. The molecule has 20 heavy (non-hydrogen) atoms. The highest BCUT2D eigenvalue weighted by molar-refractivity contribution is 7.96. The average Bonchev–Trinajstić information content (AvgIpc) is 2.34. The van der Waals surface area contributed by atoms with Gasteiger partial charge in [0.2, 0.25) is 10.7 Å². The van der Waals surface area contributed by atoms with Crippen molar-refractivity contribution in [3.8, 4) is 0 Å². The van der Waals surface area contributed by atoms with Crippen LogP contribution in [0.5, 0.6) is 0 Å². The molecule has 1 unspecified atom stereocenters. The average molecular weight is 294 g/mol. The summed E-state index contributed by atoms with van der Waals surface area (Å²) in [7, 11) is 0. The van der Waals surface area contributed by atoms with Crippen molar-refractivity contribution in [1.82, 2.24) is 0 Å². The van der Waals surface area contributed by atoms with Gasteiger partial charge in [0.15, 0.2) is 4.90 Å². The SMILES string of the molecule is CC(=O)C(=CC(=O)OC(C)(C)C)[S+]([O-])c1ccccc1. The predicted molar refractivity (Wildman–Crippen MR) is 77.5 cm³/mol. The van der Waals surface area contributed by atoms with Crippen molar-refractivity contribution in [2.24, 2.45) is 0 Å². The lowest BCUT2D eigenvalue weighted by atomic mass is 10.2. The van der Waals surface area contributed by atoms with Gasteiger partial charge in [0.1, 0.15) is 5.60 Å². The number of ketones is 1. The molecule has 5 heteroatoms. The Labute approximate surface area is 122 Å². The van der Waals surface area contributed by atoms with Crippen LogP contribution in [0.4, 0.5) is 0 Å². The molecule has 0 bridgehead atoms. The molecule has 0 saturated heterocycles. The van der Waals surface area contributed by atoms with Gasteiger partial charge >= 0.3 is 5.97 Å². The third kappa shape index (κ3) is 5.19. The van der Waals surface area contributed by atoms with E-state index in [1.807, 2.05) is 0 Å². The Morgan fingerprint density at radius 2 is 1.75 bits per heavy atom. The van der Waals surface area contributed by atoms with Crippen molar-refractivity contribution in [2.45, 2.75) is 38.2 Å². The van der Waals surface area contributed by atoms with E-state index in [2.05, 4.69) is 0 Å². The number of hydrogen-bond acceptors (Lipinski definition) is 4. The fourth-order valence-corrected chi connectivity index (χ4v) is 2.52. The van der Waals surface area contributed by atoms with Gasteiger partial charge in [-0.05, 0) is 32.9 Å². The Morgan fingerprint density at radius 3 is 2.20 bits per heavy atom. The van der Waals surface area contributed by atoms with E-state index < -0.39 is 28.5 Å². The minimum absolute atomic E-state index is 0.0644. The topological polar surface area (TPSA) is 66.4 Å². The second kappa shape index (κ2) is 6.72. The molecule has 0 aliphatic carbocycles. The molecule has 0 spiro atoms. The van der Waals surface area contributed by atoms with Crippen molar-refractivity contribution in [3.63, 3.8) is 0 Å². The summed E-state index contributed by atoms with van der Waals surface area (Å²) in [5.74, 6) is -1.09. The molecule has 0 aliphatic rings.